The number of anilines is 1. The average Bonchev–Trinajstić information content (AvgIpc) is 2.91. The molecule has 0 radical (unpaired) electrons. The molecule has 1 aromatic heterocycles. The Morgan fingerprint density at radius 2 is 2.08 bits per heavy atom. The average molecular weight is 344 g/mol. The molecule has 0 spiro atoms. The fourth-order valence-electron chi connectivity index (χ4n) is 2.81. The highest BCUT2D eigenvalue weighted by atomic mass is 35.5. The highest BCUT2D eigenvalue weighted by Gasteiger charge is 2.36. The lowest BCUT2D eigenvalue weighted by molar-refractivity contribution is -0.133. The van der Waals surface area contributed by atoms with Crippen LogP contribution in [0.4, 0.5) is 5.82 Å². The van der Waals surface area contributed by atoms with E-state index in [1.54, 1.807) is 29.3 Å². The van der Waals surface area contributed by atoms with Gasteiger partial charge < -0.3 is 10.2 Å². The molecule has 1 aliphatic heterocycles. The Morgan fingerprint density at radius 1 is 1.33 bits per heavy atom. The lowest BCUT2D eigenvalue weighted by Crippen LogP contribution is -2.41. The topological polar surface area (TPSA) is 62.3 Å². The summed E-state index contributed by atoms with van der Waals surface area (Å²) in [5, 5.41) is 3.45. The monoisotopic (exact) mass is 343 g/mol. The Labute approximate surface area is 145 Å². The van der Waals surface area contributed by atoms with Crippen molar-refractivity contribution >= 4 is 29.2 Å². The van der Waals surface area contributed by atoms with Crippen molar-refractivity contribution in [2.45, 2.75) is 32.4 Å². The van der Waals surface area contributed by atoms with Gasteiger partial charge in [0.05, 0.1) is 0 Å². The predicted octanol–water partition coefficient (Wildman–Crippen LogP) is 3.17. The van der Waals surface area contributed by atoms with E-state index in [2.05, 4.69) is 10.3 Å². The highest BCUT2D eigenvalue weighted by Crippen LogP contribution is 2.23. The van der Waals surface area contributed by atoms with E-state index in [1.807, 2.05) is 25.1 Å². The minimum atomic E-state index is -0.476. The largest absolute Gasteiger partial charge is 0.326 e. The van der Waals surface area contributed by atoms with Crippen molar-refractivity contribution in [1.82, 2.24) is 9.88 Å². The summed E-state index contributed by atoms with van der Waals surface area (Å²) in [6.07, 6.45) is 2.55. The first kappa shape index (κ1) is 16.5. The van der Waals surface area contributed by atoms with E-state index in [-0.39, 0.29) is 11.8 Å². The van der Waals surface area contributed by atoms with E-state index < -0.39 is 6.04 Å². The molecule has 1 saturated heterocycles. The zero-order valence-corrected chi connectivity index (χ0v) is 14.1. The lowest BCUT2D eigenvalue weighted by Gasteiger charge is -2.24. The van der Waals surface area contributed by atoms with Crippen LogP contribution < -0.4 is 5.32 Å². The minimum absolute atomic E-state index is 0.0118. The molecular formula is C18H18ClN3O2. The van der Waals surface area contributed by atoms with Gasteiger partial charge in [-0.05, 0) is 48.7 Å². The molecule has 2 amide bonds. The maximum atomic E-state index is 12.6. The fourth-order valence-corrected chi connectivity index (χ4v) is 2.93. The first-order chi connectivity index (χ1) is 11.5. The van der Waals surface area contributed by atoms with Gasteiger partial charge >= 0.3 is 0 Å². The molecule has 0 bridgehead atoms. The molecule has 1 unspecified atom stereocenters. The van der Waals surface area contributed by atoms with Crippen LogP contribution in [0.15, 0.2) is 42.6 Å². The van der Waals surface area contributed by atoms with Crippen LogP contribution in [-0.4, -0.2) is 27.7 Å². The first-order valence-electron chi connectivity index (χ1n) is 7.80. The predicted molar refractivity (Wildman–Crippen MR) is 92.6 cm³/mol. The normalized spacial score (nSPS) is 17.2. The van der Waals surface area contributed by atoms with Crippen LogP contribution in [0, 0.1) is 6.92 Å². The summed E-state index contributed by atoms with van der Waals surface area (Å²) in [6, 6.07) is 10.5. The van der Waals surface area contributed by atoms with Gasteiger partial charge in [-0.15, -0.1) is 0 Å². The molecule has 0 saturated carbocycles. The molecule has 2 aromatic rings. The Bertz CT molecular complexity index is 761. The van der Waals surface area contributed by atoms with Crippen LogP contribution in [-0.2, 0) is 16.1 Å². The lowest BCUT2D eigenvalue weighted by atomic mass is 10.1. The molecule has 1 atom stereocenters. The molecule has 3 rings (SSSR count). The Hall–Kier alpha value is -2.40. The van der Waals surface area contributed by atoms with E-state index in [0.29, 0.717) is 30.2 Å². The van der Waals surface area contributed by atoms with E-state index in [9.17, 15) is 9.59 Å². The number of hydrogen-bond donors (Lipinski definition) is 1. The number of pyridine rings is 1. The van der Waals surface area contributed by atoms with Gasteiger partial charge in [0, 0.05) is 24.2 Å². The van der Waals surface area contributed by atoms with E-state index >= 15 is 0 Å². The number of rotatable bonds is 4. The SMILES string of the molecule is Cc1ccnc(NC(=O)C2CCC(=O)N2Cc2ccc(Cl)cc2)c1. The third-order valence-corrected chi connectivity index (χ3v) is 4.32. The van der Waals surface area contributed by atoms with Crippen molar-refractivity contribution in [1.29, 1.82) is 0 Å². The summed E-state index contributed by atoms with van der Waals surface area (Å²) in [7, 11) is 0. The second-order valence-corrected chi connectivity index (χ2v) is 6.35. The van der Waals surface area contributed by atoms with E-state index in [4.69, 9.17) is 11.6 Å². The van der Waals surface area contributed by atoms with Crippen molar-refractivity contribution in [2.24, 2.45) is 0 Å². The highest BCUT2D eigenvalue weighted by molar-refractivity contribution is 6.30. The van der Waals surface area contributed by atoms with Crippen molar-refractivity contribution in [3.05, 3.63) is 58.7 Å². The van der Waals surface area contributed by atoms with E-state index in [0.717, 1.165) is 11.1 Å². The molecule has 124 valence electrons. The van der Waals surface area contributed by atoms with Gasteiger partial charge in [0.25, 0.3) is 0 Å². The molecule has 1 aromatic carbocycles. The molecule has 0 aliphatic carbocycles. The van der Waals surface area contributed by atoms with E-state index in [1.165, 1.54) is 0 Å². The molecule has 1 aliphatic rings. The van der Waals surface area contributed by atoms with Gasteiger partial charge in [-0.1, -0.05) is 23.7 Å². The molecule has 1 fully saturated rings. The number of hydrogen-bond acceptors (Lipinski definition) is 3. The zero-order chi connectivity index (χ0) is 17.1. The molecule has 24 heavy (non-hydrogen) atoms. The maximum absolute atomic E-state index is 12.6. The number of aromatic nitrogens is 1. The third kappa shape index (κ3) is 3.74. The number of aryl methyl sites for hydroxylation is 1. The third-order valence-electron chi connectivity index (χ3n) is 4.06. The van der Waals surface area contributed by atoms with Gasteiger partial charge in [0.2, 0.25) is 11.8 Å². The van der Waals surface area contributed by atoms with Gasteiger partial charge in [-0.3, -0.25) is 9.59 Å². The van der Waals surface area contributed by atoms with Gasteiger partial charge in [0.15, 0.2) is 0 Å². The van der Waals surface area contributed by atoms with Gasteiger partial charge in [-0.25, -0.2) is 4.98 Å². The molecule has 6 heteroatoms. The van der Waals surface area contributed by atoms with Crippen molar-refractivity contribution < 1.29 is 9.59 Å². The number of nitrogens with zero attached hydrogens (tertiary/aromatic N) is 2. The first-order valence-corrected chi connectivity index (χ1v) is 8.18. The molecule has 5 nitrogen and oxygen atoms in total. The Morgan fingerprint density at radius 3 is 2.79 bits per heavy atom. The molecular weight excluding hydrogens is 326 g/mol. The van der Waals surface area contributed by atoms with Crippen LogP contribution in [0.5, 0.6) is 0 Å². The quantitative estimate of drug-likeness (QED) is 0.927. The van der Waals surface area contributed by atoms with Gasteiger partial charge in [-0.2, -0.15) is 0 Å². The minimum Gasteiger partial charge on any atom is -0.326 e. The summed E-state index contributed by atoms with van der Waals surface area (Å²) in [5.41, 5.74) is 1.96. The van der Waals surface area contributed by atoms with Crippen LogP contribution in [0.2, 0.25) is 5.02 Å². The number of benzene rings is 1. The number of carbonyl (C=O) groups excluding carboxylic acids is 2. The summed E-state index contributed by atoms with van der Waals surface area (Å²) >= 11 is 5.89. The smallest absolute Gasteiger partial charge is 0.248 e. The summed E-state index contributed by atoms with van der Waals surface area (Å²) < 4.78 is 0. The van der Waals surface area contributed by atoms with Crippen LogP contribution in [0.3, 0.4) is 0 Å². The Balaban J connectivity index is 1.72. The number of likely N-dealkylation sites (tertiary alicyclic amines) is 1. The second-order valence-electron chi connectivity index (χ2n) is 5.91. The second kappa shape index (κ2) is 7.01. The summed E-state index contributed by atoms with van der Waals surface area (Å²) in [4.78, 5) is 30.5. The summed E-state index contributed by atoms with van der Waals surface area (Å²) in [5.74, 6) is 0.293. The molecule has 1 N–H and O–H groups in total. The van der Waals surface area contributed by atoms with Crippen molar-refractivity contribution in [3.63, 3.8) is 0 Å². The number of nitrogens with one attached hydrogen (secondary N) is 1. The standard InChI is InChI=1S/C18H18ClN3O2/c1-12-8-9-20-16(10-12)21-18(24)15-6-7-17(23)22(15)11-13-2-4-14(19)5-3-13/h2-5,8-10,15H,6-7,11H2,1H3,(H,20,21,24). The zero-order valence-electron chi connectivity index (χ0n) is 13.3. The van der Waals surface area contributed by atoms with Gasteiger partial charge in [0.1, 0.15) is 11.9 Å². The fraction of sp³-hybridized carbons (Fsp3) is 0.278. The van der Waals surface area contributed by atoms with Crippen molar-refractivity contribution in [3.8, 4) is 0 Å². The van der Waals surface area contributed by atoms with Crippen LogP contribution >= 0.6 is 11.6 Å². The summed E-state index contributed by atoms with van der Waals surface area (Å²) in [6.45, 7) is 2.33. The number of amides is 2. The maximum Gasteiger partial charge on any atom is 0.248 e. The molecule has 2 heterocycles. The number of carbonyl (C=O) groups is 2. The Kier molecular flexibility index (Phi) is 4.81. The van der Waals surface area contributed by atoms with Crippen LogP contribution in [0.25, 0.3) is 0 Å². The number of halogens is 1. The van der Waals surface area contributed by atoms with Crippen molar-refractivity contribution in [2.75, 3.05) is 5.32 Å². The van der Waals surface area contributed by atoms with Crippen LogP contribution in [0.1, 0.15) is 24.0 Å².